The molecule has 2 amide bonds. The van der Waals surface area contributed by atoms with Gasteiger partial charge in [-0.2, -0.15) is 0 Å². The zero-order valence-electron chi connectivity index (χ0n) is 21.6. The van der Waals surface area contributed by atoms with Crippen LogP contribution in [0.15, 0.2) is 71.9 Å². The molecule has 0 saturated heterocycles. The minimum Gasteiger partial charge on any atom is -0.387 e. The second kappa shape index (κ2) is 11.0. The highest BCUT2D eigenvalue weighted by molar-refractivity contribution is 6.30. The maximum Gasteiger partial charge on any atom is 0.257 e. The quantitative estimate of drug-likeness (QED) is 0.352. The van der Waals surface area contributed by atoms with Crippen molar-refractivity contribution in [1.29, 1.82) is 0 Å². The number of amides is 2. The first-order valence-electron chi connectivity index (χ1n) is 12.5. The van der Waals surface area contributed by atoms with Crippen LogP contribution in [0.5, 0.6) is 0 Å². The van der Waals surface area contributed by atoms with Gasteiger partial charge >= 0.3 is 0 Å². The highest BCUT2D eigenvalue weighted by Gasteiger charge is 2.27. The molecule has 9 nitrogen and oxygen atoms in total. The molecule has 200 valence electrons. The van der Waals surface area contributed by atoms with E-state index in [0.29, 0.717) is 40.3 Å². The van der Waals surface area contributed by atoms with E-state index in [1.165, 1.54) is 11.1 Å². The monoisotopic (exact) mass is 545 g/mol. The lowest BCUT2D eigenvalue weighted by atomic mass is 10.0. The first-order valence-corrected chi connectivity index (χ1v) is 12.8. The molecule has 2 aromatic carbocycles. The Hall–Kier alpha value is -4.05. The Kier molecular flexibility index (Phi) is 7.47. The fourth-order valence-electron chi connectivity index (χ4n) is 4.83. The third-order valence-corrected chi connectivity index (χ3v) is 7.12. The van der Waals surface area contributed by atoms with Crippen molar-refractivity contribution in [2.24, 2.45) is 0 Å². The number of pyridine rings is 2. The number of likely N-dealkylation sites (N-methyl/N-ethyl adjacent to an activating group) is 2. The minimum atomic E-state index is -0.736. The van der Waals surface area contributed by atoms with E-state index in [0.717, 1.165) is 11.1 Å². The fourth-order valence-corrected chi connectivity index (χ4v) is 4.95. The number of nitrogens with one attached hydrogen (secondary N) is 1. The topological polar surface area (TPSA) is 108 Å². The van der Waals surface area contributed by atoms with Crippen LogP contribution in [-0.4, -0.2) is 52.0 Å². The van der Waals surface area contributed by atoms with Crippen molar-refractivity contribution in [3.05, 3.63) is 105 Å². The van der Waals surface area contributed by atoms with E-state index in [2.05, 4.69) is 10.3 Å². The molecule has 0 fully saturated rings. The van der Waals surface area contributed by atoms with Gasteiger partial charge in [-0.15, -0.1) is 0 Å². The summed E-state index contributed by atoms with van der Waals surface area (Å²) in [4.78, 5) is 47.0. The minimum absolute atomic E-state index is 0.0221. The molecule has 10 heteroatoms. The van der Waals surface area contributed by atoms with Crippen molar-refractivity contribution in [2.45, 2.75) is 25.7 Å². The molecule has 0 spiro atoms. The van der Waals surface area contributed by atoms with Crippen molar-refractivity contribution in [2.75, 3.05) is 25.5 Å². The normalized spacial score (nSPS) is 13.7. The summed E-state index contributed by atoms with van der Waals surface area (Å²) in [7, 11) is 3.54. The lowest BCUT2D eigenvalue weighted by Crippen LogP contribution is -2.37. The van der Waals surface area contributed by atoms with Crippen molar-refractivity contribution >= 4 is 40.0 Å². The molecule has 5 rings (SSSR count). The molecule has 39 heavy (non-hydrogen) atoms. The van der Waals surface area contributed by atoms with Crippen LogP contribution in [0.4, 0.5) is 5.69 Å². The average molecular weight is 546 g/mol. The van der Waals surface area contributed by atoms with E-state index < -0.39 is 17.4 Å². The molecule has 4 aromatic rings. The molecule has 0 radical (unpaired) electrons. The van der Waals surface area contributed by atoms with E-state index in [1.54, 1.807) is 60.4 Å². The predicted octanol–water partition coefficient (Wildman–Crippen LogP) is 3.12. The first kappa shape index (κ1) is 26.6. The van der Waals surface area contributed by atoms with Crippen molar-refractivity contribution in [3.63, 3.8) is 0 Å². The van der Waals surface area contributed by atoms with Gasteiger partial charge in [-0.3, -0.25) is 24.3 Å². The number of aromatic nitrogens is 2. The number of halogens is 1. The van der Waals surface area contributed by atoms with Crippen LogP contribution in [0.2, 0.25) is 5.02 Å². The van der Waals surface area contributed by atoms with Crippen LogP contribution in [0.1, 0.15) is 33.2 Å². The number of nitrogens with zero attached hydrogens (tertiary/aromatic N) is 4. The number of benzene rings is 2. The van der Waals surface area contributed by atoms with Gasteiger partial charge in [-0.05, 0) is 48.5 Å². The molecule has 2 N–H and O–H groups in total. The Balaban J connectivity index is 1.46. The van der Waals surface area contributed by atoms with Crippen LogP contribution in [-0.2, 0) is 24.4 Å². The summed E-state index contributed by atoms with van der Waals surface area (Å²) in [6.45, 7) is 0.999. The van der Waals surface area contributed by atoms with E-state index in [1.807, 2.05) is 24.1 Å². The Morgan fingerprint density at radius 2 is 1.95 bits per heavy atom. The molecule has 1 atom stereocenters. The average Bonchev–Trinajstić information content (AvgIpc) is 2.93. The smallest absolute Gasteiger partial charge is 0.257 e. The number of carbonyl (C=O) groups is 2. The van der Waals surface area contributed by atoms with Gasteiger partial charge in [-0.1, -0.05) is 29.8 Å². The fraction of sp³-hybridized carbons (Fsp3) is 0.241. The molecule has 2 aromatic heterocycles. The van der Waals surface area contributed by atoms with Gasteiger partial charge in [-0.25, -0.2) is 0 Å². The lowest BCUT2D eigenvalue weighted by Gasteiger charge is -2.29. The van der Waals surface area contributed by atoms with Crippen molar-refractivity contribution in [3.8, 4) is 0 Å². The standard InChI is InChI=1S/C29H28ClN5O4/c1-33(16-25(36)20-4-3-9-31-13-20)14-19-10-22-27-24(11-19)34(2)26(37)17-35(27)15-23(28(22)38)29(39)32-12-18-5-7-21(30)8-6-18/h3-11,13,15,25,36H,12,14,16-17H2,1-2H3,(H,32,39)/t25-/m1/s1. The van der Waals surface area contributed by atoms with Gasteiger partial charge in [0.05, 0.1) is 17.3 Å². The van der Waals surface area contributed by atoms with E-state index in [-0.39, 0.29) is 24.6 Å². The maximum absolute atomic E-state index is 13.6. The molecule has 1 aliphatic rings. The third-order valence-electron chi connectivity index (χ3n) is 6.87. The summed E-state index contributed by atoms with van der Waals surface area (Å²) in [5.41, 5.74) is 3.11. The first-order chi connectivity index (χ1) is 18.7. The highest BCUT2D eigenvalue weighted by Crippen LogP contribution is 2.31. The Morgan fingerprint density at radius 1 is 1.18 bits per heavy atom. The van der Waals surface area contributed by atoms with Crippen LogP contribution in [0.25, 0.3) is 10.9 Å². The molecule has 0 aliphatic carbocycles. The molecule has 1 aliphatic heterocycles. The highest BCUT2D eigenvalue weighted by atomic mass is 35.5. The van der Waals surface area contributed by atoms with Crippen LogP contribution < -0.4 is 15.6 Å². The third kappa shape index (κ3) is 5.56. The van der Waals surface area contributed by atoms with Crippen molar-refractivity contribution < 1.29 is 14.7 Å². The molecule has 0 saturated carbocycles. The van der Waals surface area contributed by atoms with Gasteiger partial charge in [0.2, 0.25) is 11.3 Å². The maximum atomic E-state index is 13.6. The SMILES string of the molecule is CN(Cc1cc2c3c(c1)c(=O)c(C(=O)NCc1ccc(Cl)cc1)cn3CC(=O)N2C)C[C@@H](O)c1cccnc1. The number of hydrogen-bond acceptors (Lipinski definition) is 6. The number of carbonyl (C=O) groups excluding carboxylic acids is 2. The number of rotatable bonds is 8. The largest absolute Gasteiger partial charge is 0.387 e. The van der Waals surface area contributed by atoms with Crippen LogP contribution >= 0.6 is 11.6 Å². The predicted molar refractivity (Wildman–Crippen MR) is 150 cm³/mol. The molecule has 0 unspecified atom stereocenters. The summed E-state index contributed by atoms with van der Waals surface area (Å²) >= 11 is 5.94. The van der Waals surface area contributed by atoms with Crippen molar-refractivity contribution in [1.82, 2.24) is 19.8 Å². The molecular weight excluding hydrogens is 518 g/mol. The zero-order valence-corrected chi connectivity index (χ0v) is 22.4. The van der Waals surface area contributed by atoms with Gasteiger partial charge in [0, 0.05) is 61.2 Å². The molecular formula is C29H28ClN5O4. The lowest BCUT2D eigenvalue weighted by molar-refractivity contribution is -0.119. The Labute approximate surface area is 230 Å². The zero-order chi connectivity index (χ0) is 27.7. The number of hydrogen-bond donors (Lipinski definition) is 2. The van der Waals surface area contributed by atoms with Crippen LogP contribution in [0, 0.1) is 0 Å². The summed E-state index contributed by atoms with van der Waals surface area (Å²) in [5.74, 6) is -0.673. The van der Waals surface area contributed by atoms with E-state index >= 15 is 0 Å². The number of aliphatic hydroxyl groups excluding tert-OH is 1. The van der Waals surface area contributed by atoms with Gasteiger partial charge in [0.25, 0.3) is 5.91 Å². The second-order valence-corrected chi connectivity index (χ2v) is 10.2. The summed E-state index contributed by atoms with van der Waals surface area (Å²) < 4.78 is 1.67. The summed E-state index contributed by atoms with van der Waals surface area (Å²) in [6.07, 6.45) is 4.00. The number of aliphatic hydroxyl groups is 1. The summed E-state index contributed by atoms with van der Waals surface area (Å²) in [6, 6.07) is 14.3. The Morgan fingerprint density at radius 3 is 2.67 bits per heavy atom. The molecule has 0 bridgehead atoms. The molecule has 3 heterocycles. The Bertz CT molecular complexity index is 1600. The van der Waals surface area contributed by atoms with E-state index in [9.17, 15) is 19.5 Å². The van der Waals surface area contributed by atoms with Gasteiger partial charge < -0.3 is 19.9 Å². The van der Waals surface area contributed by atoms with E-state index in [4.69, 9.17) is 11.6 Å². The van der Waals surface area contributed by atoms with Gasteiger partial charge in [0.15, 0.2) is 0 Å². The summed E-state index contributed by atoms with van der Waals surface area (Å²) in [5, 5.41) is 14.4. The number of anilines is 1. The van der Waals surface area contributed by atoms with Crippen LogP contribution in [0.3, 0.4) is 0 Å². The van der Waals surface area contributed by atoms with Gasteiger partial charge in [0.1, 0.15) is 12.1 Å². The second-order valence-electron chi connectivity index (χ2n) is 9.77.